The van der Waals surface area contributed by atoms with E-state index in [1.807, 2.05) is 35.4 Å². The van der Waals surface area contributed by atoms with Crippen molar-refractivity contribution in [2.75, 3.05) is 26.2 Å². The molecule has 0 bridgehead atoms. The number of carbonyl (C=O) groups excluding carboxylic acids is 2. The fraction of sp³-hybridized carbons (Fsp3) is 0.714. The second-order valence-corrected chi connectivity index (χ2v) is 11.2. The smallest absolute Gasteiger partial charge is 0.271 e. The van der Waals surface area contributed by atoms with Crippen molar-refractivity contribution in [3.8, 4) is 0 Å². The summed E-state index contributed by atoms with van der Waals surface area (Å²) < 4.78 is 7.85. The zero-order chi connectivity index (χ0) is 24.4. The monoisotopic (exact) mass is 482 g/mol. The predicted molar refractivity (Wildman–Crippen MR) is 138 cm³/mol. The van der Waals surface area contributed by atoms with Gasteiger partial charge in [0, 0.05) is 24.7 Å². The third-order valence-electron chi connectivity index (χ3n) is 8.47. The van der Waals surface area contributed by atoms with Crippen molar-refractivity contribution in [2.24, 2.45) is 0 Å². The Hall–Kier alpha value is -2.28. The largest absolute Gasteiger partial charge is 0.460 e. The average molecular weight is 483 g/mol. The van der Waals surface area contributed by atoms with E-state index in [0.717, 1.165) is 68.6 Å². The molecule has 1 atom stereocenters. The number of hydrogen-bond donors (Lipinski definition) is 1. The third kappa shape index (κ3) is 5.02. The van der Waals surface area contributed by atoms with E-state index in [1.165, 1.54) is 38.5 Å². The molecule has 1 saturated heterocycles. The highest BCUT2D eigenvalue weighted by Gasteiger charge is 2.48. The summed E-state index contributed by atoms with van der Waals surface area (Å²) in [4.78, 5) is 32.1. The summed E-state index contributed by atoms with van der Waals surface area (Å²) in [6.07, 6.45) is 12.9. The molecule has 3 aliphatic rings. The Morgan fingerprint density at radius 3 is 2.43 bits per heavy atom. The fourth-order valence-electron chi connectivity index (χ4n) is 6.39. The predicted octanol–water partition coefficient (Wildman–Crippen LogP) is 4.86. The molecule has 2 aromatic rings. The molecule has 2 aliphatic heterocycles. The molecule has 7 heteroatoms. The minimum atomic E-state index is -0.924. The van der Waals surface area contributed by atoms with Crippen molar-refractivity contribution in [3.63, 3.8) is 0 Å². The van der Waals surface area contributed by atoms with E-state index in [-0.39, 0.29) is 17.9 Å². The van der Waals surface area contributed by atoms with Gasteiger partial charge in [0.05, 0.1) is 12.1 Å². The molecular formula is C28H42N4O3. The van der Waals surface area contributed by atoms with Gasteiger partial charge in [0.25, 0.3) is 5.91 Å². The lowest BCUT2D eigenvalue weighted by molar-refractivity contribution is -0.133. The van der Waals surface area contributed by atoms with Crippen LogP contribution in [0.2, 0.25) is 0 Å². The minimum absolute atomic E-state index is 0.0137. The third-order valence-corrected chi connectivity index (χ3v) is 8.47. The van der Waals surface area contributed by atoms with Crippen LogP contribution < -0.4 is 5.32 Å². The summed E-state index contributed by atoms with van der Waals surface area (Å²) in [5.74, 6) is 0.747. The van der Waals surface area contributed by atoms with Crippen LogP contribution in [0.25, 0.3) is 11.1 Å². The van der Waals surface area contributed by atoms with Gasteiger partial charge in [-0.05, 0) is 65.6 Å². The Labute approximate surface area is 209 Å². The number of furan rings is 1. The van der Waals surface area contributed by atoms with Gasteiger partial charge in [0.2, 0.25) is 5.91 Å². The number of likely N-dealkylation sites (tertiary alicyclic amines) is 1. The number of aromatic nitrogens is 1. The zero-order valence-electron chi connectivity index (χ0n) is 21.6. The second-order valence-electron chi connectivity index (χ2n) is 11.2. The molecule has 1 saturated carbocycles. The summed E-state index contributed by atoms with van der Waals surface area (Å²) in [7, 11) is 0. The van der Waals surface area contributed by atoms with Crippen molar-refractivity contribution < 1.29 is 14.0 Å². The van der Waals surface area contributed by atoms with Gasteiger partial charge in [-0.15, -0.1) is 0 Å². The van der Waals surface area contributed by atoms with Crippen molar-refractivity contribution in [2.45, 2.75) is 103 Å². The Bertz CT molecular complexity index is 1040. The van der Waals surface area contributed by atoms with Gasteiger partial charge < -0.3 is 24.1 Å². The lowest BCUT2D eigenvalue weighted by Gasteiger charge is -2.44. The van der Waals surface area contributed by atoms with Crippen LogP contribution in [0.15, 0.2) is 16.5 Å². The number of nitrogens with zero attached hydrogens (tertiary/aromatic N) is 3. The summed E-state index contributed by atoms with van der Waals surface area (Å²) in [6.45, 7) is 8.20. The van der Waals surface area contributed by atoms with E-state index in [0.29, 0.717) is 18.8 Å². The number of amides is 2. The SMILES string of the molecule is Cc1cc2c(cc3n2CC(C)(C(=O)NC2CCCCCC2)N(CCCN2CCCCCC2)C3=O)o1. The fourth-order valence-corrected chi connectivity index (χ4v) is 6.39. The van der Waals surface area contributed by atoms with Crippen LogP contribution in [0.4, 0.5) is 0 Å². The maximum atomic E-state index is 13.9. The molecule has 2 fully saturated rings. The Morgan fingerprint density at radius 1 is 1.03 bits per heavy atom. The van der Waals surface area contributed by atoms with Crippen molar-refractivity contribution in [3.05, 3.63) is 23.6 Å². The molecule has 192 valence electrons. The molecular weight excluding hydrogens is 440 g/mol. The topological polar surface area (TPSA) is 70.7 Å². The van der Waals surface area contributed by atoms with E-state index >= 15 is 0 Å². The lowest BCUT2D eigenvalue weighted by atomic mass is 9.93. The number of carbonyl (C=O) groups is 2. The van der Waals surface area contributed by atoms with E-state index in [9.17, 15) is 9.59 Å². The molecule has 35 heavy (non-hydrogen) atoms. The molecule has 0 aromatic carbocycles. The van der Waals surface area contributed by atoms with E-state index < -0.39 is 5.54 Å². The van der Waals surface area contributed by atoms with Crippen LogP contribution in [0.1, 0.15) is 93.8 Å². The molecule has 4 heterocycles. The van der Waals surface area contributed by atoms with Crippen molar-refractivity contribution >= 4 is 22.9 Å². The molecule has 5 rings (SSSR count). The highest BCUT2D eigenvalue weighted by molar-refractivity contribution is 6.03. The number of aryl methyl sites for hydroxylation is 1. The van der Waals surface area contributed by atoms with E-state index in [4.69, 9.17) is 4.42 Å². The van der Waals surface area contributed by atoms with Crippen molar-refractivity contribution in [1.82, 2.24) is 19.7 Å². The second kappa shape index (κ2) is 10.4. The van der Waals surface area contributed by atoms with Gasteiger partial charge in [0.15, 0.2) is 5.58 Å². The number of rotatable bonds is 6. The first kappa shape index (κ1) is 24.4. The van der Waals surface area contributed by atoms with Gasteiger partial charge in [-0.3, -0.25) is 9.59 Å². The first-order valence-electron chi connectivity index (χ1n) is 13.9. The zero-order valence-corrected chi connectivity index (χ0v) is 21.6. The molecule has 1 N–H and O–H groups in total. The number of hydrogen-bond acceptors (Lipinski definition) is 4. The molecule has 2 amide bonds. The standard InChI is InChI=1S/C28H42N4O3/c1-21-18-23-25(35-21)19-24-26(33)32(17-11-16-30-14-9-5-6-10-15-30)28(2,20-31(23)24)27(34)29-22-12-7-3-4-8-13-22/h18-19,22H,3-17,20H2,1-2H3,(H,29,34). The number of fused-ring (bicyclic) bond motifs is 3. The summed E-state index contributed by atoms with van der Waals surface area (Å²) >= 11 is 0. The molecule has 1 aliphatic carbocycles. The maximum Gasteiger partial charge on any atom is 0.271 e. The Morgan fingerprint density at radius 2 is 1.71 bits per heavy atom. The van der Waals surface area contributed by atoms with Crippen molar-refractivity contribution in [1.29, 1.82) is 0 Å². The van der Waals surface area contributed by atoms with Crippen LogP contribution >= 0.6 is 0 Å². The highest BCUT2D eigenvalue weighted by Crippen LogP contribution is 2.34. The molecule has 0 spiro atoms. The first-order chi connectivity index (χ1) is 17.0. The molecule has 7 nitrogen and oxygen atoms in total. The van der Waals surface area contributed by atoms with Crippen LogP contribution in [-0.4, -0.2) is 63.9 Å². The van der Waals surface area contributed by atoms with Crippen LogP contribution in [-0.2, 0) is 11.3 Å². The molecule has 2 aromatic heterocycles. The van der Waals surface area contributed by atoms with Crippen LogP contribution in [0.3, 0.4) is 0 Å². The lowest BCUT2D eigenvalue weighted by Crippen LogP contribution is -2.65. The first-order valence-corrected chi connectivity index (χ1v) is 13.9. The van der Waals surface area contributed by atoms with Gasteiger partial charge in [-0.1, -0.05) is 38.5 Å². The normalized spacial score (nSPS) is 24.9. The van der Waals surface area contributed by atoms with Crippen LogP contribution in [0.5, 0.6) is 0 Å². The number of nitrogens with one attached hydrogen (secondary N) is 1. The summed E-state index contributed by atoms with van der Waals surface area (Å²) in [6, 6.07) is 4.04. The highest BCUT2D eigenvalue weighted by atomic mass is 16.3. The minimum Gasteiger partial charge on any atom is -0.460 e. The van der Waals surface area contributed by atoms with Gasteiger partial charge in [-0.2, -0.15) is 0 Å². The summed E-state index contributed by atoms with van der Waals surface area (Å²) in [5, 5.41) is 3.36. The summed E-state index contributed by atoms with van der Waals surface area (Å²) in [5.41, 5.74) is 1.34. The van der Waals surface area contributed by atoms with E-state index in [1.54, 1.807) is 0 Å². The van der Waals surface area contributed by atoms with Gasteiger partial charge in [0.1, 0.15) is 17.0 Å². The Balaban J connectivity index is 1.38. The Kier molecular flexibility index (Phi) is 7.24. The quantitative estimate of drug-likeness (QED) is 0.597. The van der Waals surface area contributed by atoms with Gasteiger partial charge in [-0.25, -0.2) is 0 Å². The maximum absolute atomic E-state index is 13.9. The average Bonchev–Trinajstić information content (AvgIpc) is 3.10. The van der Waals surface area contributed by atoms with Crippen LogP contribution in [0, 0.1) is 6.92 Å². The van der Waals surface area contributed by atoms with Gasteiger partial charge >= 0.3 is 0 Å². The van der Waals surface area contributed by atoms with E-state index in [2.05, 4.69) is 10.2 Å². The molecule has 0 radical (unpaired) electrons. The molecule has 1 unspecified atom stereocenters.